The van der Waals surface area contributed by atoms with Gasteiger partial charge in [-0.2, -0.15) is 0 Å². The molecule has 40 heavy (non-hydrogen) atoms. The average molecular weight is 564 g/mol. The van der Waals surface area contributed by atoms with E-state index in [9.17, 15) is 13.2 Å². The summed E-state index contributed by atoms with van der Waals surface area (Å²) in [5, 5.41) is 13.3. The number of sulfonamides is 1. The van der Waals surface area contributed by atoms with Crippen LogP contribution in [0, 0.1) is 17.3 Å². The van der Waals surface area contributed by atoms with Gasteiger partial charge < -0.3 is 24.8 Å². The molecule has 212 valence electrons. The van der Waals surface area contributed by atoms with Crippen molar-refractivity contribution in [2.24, 2.45) is 24.3 Å². The molecule has 0 radical (unpaired) electrons. The highest BCUT2D eigenvalue weighted by atomic mass is 32.2. The molecule has 3 N–H and O–H groups in total. The Morgan fingerprint density at radius 2 is 1.75 bits per heavy atom. The molecule has 7 rings (SSSR count). The van der Waals surface area contributed by atoms with Gasteiger partial charge in [0, 0.05) is 50.4 Å². The molecule has 9 nitrogen and oxygen atoms in total. The first-order valence-corrected chi connectivity index (χ1v) is 16.0. The highest BCUT2D eigenvalue weighted by Gasteiger charge is 2.46. The second-order valence-electron chi connectivity index (χ2n) is 12.3. The molecule has 4 fully saturated rings. The van der Waals surface area contributed by atoms with Gasteiger partial charge in [0.15, 0.2) is 0 Å². The highest BCUT2D eigenvalue weighted by molar-refractivity contribution is 7.92. The number of anilines is 4. The van der Waals surface area contributed by atoms with E-state index in [2.05, 4.69) is 37.5 Å². The molecule has 1 aromatic heterocycles. The van der Waals surface area contributed by atoms with Crippen LogP contribution < -0.4 is 19.8 Å². The average Bonchev–Trinajstić information content (AvgIpc) is 3.78. The molecule has 3 heterocycles. The number of carbonyl (C=O) groups excluding carboxylic acids is 1. The molecule has 2 saturated carbocycles. The van der Waals surface area contributed by atoms with E-state index in [0.717, 1.165) is 73.1 Å². The molecule has 2 saturated heterocycles. The predicted molar refractivity (Wildman–Crippen MR) is 159 cm³/mol. The first-order valence-electron chi connectivity index (χ1n) is 14.4. The normalized spacial score (nSPS) is 22.9. The number of aliphatic hydroxyl groups excluding tert-OH is 1. The molecule has 4 aliphatic rings. The first-order chi connectivity index (χ1) is 19.2. The Labute approximate surface area is 235 Å². The SMILES string of the molecule is Cn1ccc2cc(C(=O)Nc3ccc(NS(=O)(=O)CCO)cc3N3CCC4(CC3)CC4)cc(N3CC4CC4C3)c21. The van der Waals surface area contributed by atoms with E-state index < -0.39 is 16.6 Å². The largest absolute Gasteiger partial charge is 0.395 e. The summed E-state index contributed by atoms with van der Waals surface area (Å²) >= 11 is 0. The fourth-order valence-corrected chi connectivity index (χ4v) is 7.62. The van der Waals surface area contributed by atoms with Gasteiger partial charge in [-0.25, -0.2) is 8.42 Å². The van der Waals surface area contributed by atoms with Gasteiger partial charge in [-0.1, -0.05) is 0 Å². The maximum atomic E-state index is 13.8. The Morgan fingerprint density at radius 3 is 2.45 bits per heavy atom. The van der Waals surface area contributed by atoms with Crippen LogP contribution in [0.2, 0.25) is 0 Å². The van der Waals surface area contributed by atoms with E-state index in [-0.39, 0.29) is 11.7 Å². The standard InChI is InChI=1S/C30H37N5O4S/c1-33-9-4-20-14-21(16-27(28(20)33)35-18-22-15-23(22)19-35)29(37)31-25-3-2-24(32-40(38,39)13-12-36)17-26(25)34-10-7-30(5-6-30)8-11-34/h2-4,9,14,16-17,22-23,32,36H,5-8,10-13,15,18-19H2,1H3,(H,31,37). The maximum Gasteiger partial charge on any atom is 0.255 e. The lowest BCUT2D eigenvalue weighted by atomic mass is 9.93. The zero-order chi connectivity index (χ0) is 27.6. The van der Waals surface area contributed by atoms with Crippen LogP contribution in [0.4, 0.5) is 22.7 Å². The number of amides is 1. The smallest absolute Gasteiger partial charge is 0.255 e. The Kier molecular flexibility index (Phi) is 6.05. The number of hydrogen-bond acceptors (Lipinski definition) is 6. The third-order valence-electron chi connectivity index (χ3n) is 9.53. The number of rotatable bonds is 8. The molecule has 2 aliphatic heterocycles. The first kappa shape index (κ1) is 25.7. The maximum absolute atomic E-state index is 13.8. The summed E-state index contributed by atoms with van der Waals surface area (Å²) < 4.78 is 29.4. The lowest BCUT2D eigenvalue weighted by Crippen LogP contribution is -2.35. The molecule has 2 aromatic carbocycles. The van der Waals surface area contributed by atoms with Crippen LogP contribution in [0.25, 0.3) is 10.9 Å². The molecule has 1 spiro atoms. The number of aryl methyl sites for hydroxylation is 1. The van der Waals surface area contributed by atoms with Gasteiger partial charge in [0.2, 0.25) is 10.0 Å². The topological polar surface area (TPSA) is 107 Å². The molecule has 2 aliphatic carbocycles. The molecule has 2 unspecified atom stereocenters. The third-order valence-corrected chi connectivity index (χ3v) is 10.8. The van der Waals surface area contributed by atoms with Crippen molar-refractivity contribution in [3.63, 3.8) is 0 Å². The van der Waals surface area contributed by atoms with Crippen LogP contribution in [-0.4, -0.2) is 62.5 Å². The number of nitrogens with zero attached hydrogens (tertiary/aromatic N) is 3. The number of carbonyl (C=O) groups is 1. The summed E-state index contributed by atoms with van der Waals surface area (Å²) in [5.74, 6) is 1.02. The van der Waals surface area contributed by atoms with Crippen molar-refractivity contribution in [3.05, 3.63) is 48.2 Å². The lowest BCUT2D eigenvalue weighted by molar-refractivity contribution is 0.102. The van der Waals surface area contributed by atoms with Gasteiger partial charge in [-0.05, 0) is 85.8 Å². The van der Waals surface area contributed by atoms with Crippen molar-refractivity contribution in [2.45, 2.75) is 32.1 Å². The van der Waals surface area contributed by atoms with E-state index in [1.54, 1.807) is 18.2 Å². The molecule has 2 atom stereocenters. The summed E-state index contributed by atoms with van der Waals surface area (Å²) in [7, 11) is -1.61. The van der Waals surface area contributed by atoms with Gasteiger partial charge in [0.25, 0.3) is 5.91 Å². The number of benzene rings is 2. The summed E-state index contributed by atoms with van der Waals surface area (Å²) in [6.07, 6.45) is 8.14. The third kappa shape index (κ3) is 4.81. The van der Waals surface area contributed by atoms with Gasteiger partial charge in [-0.15, -0.1) is 0 Å². The number of aromatic nitrogens is 1. The van der Waals surface area contributed by atoms with Crippen molar-refractivity contribution in [3.8, 4) is 0 Å². The molecule has 10 heteroatoms. The number of aliphatic hydroxyl groups is 1. The summed E-state index contributed by atoms with van der Waals surface area (Å²) in [6.45, 7) is 3.38. The predicted octanol–water partition coefficient (Wildman–Crippen LogP) is 4.00. The quantitative estimate of drug-likeness (QED) is 0.383. The minimum Gasteiger partial charge on any atom is -0.395 e. The summed E-state index contributed by atoms with van der Waals surface area (Å²) in [4.78, 5) is 18.4. The fourth-order valence-electron chi connectivity index (χ4n) is 6.79. The van der Waals surface area contributed by atoms with Crippen molar-refractivity contribution in [1.29, 1.82) is 0 Å². The zero-order valence-electron chi connectivity index (χ0n) is 22.9. The number of hydrogen-bond donors (Lipinski definition) is 3. The fraction of sp³-hybridized carbons (Fsp3) is 0.500. The van der Waals surface area contributed by atoms with E-state index in [4.69, 9.17) is 5.11 Å². The number of nitrogens with one attached hydrogen (secondary N) is 2. The zero-order valence-corrected chi connectivity index (χ0v) is 23.7. The second kappa shape index (κ2) is 9.41. The Morgan fingerprint density at radius 1 is 1.00 bits per heavy atom. The summed E-state index contributed by atoms with van der Waals surface area (Å²) in [5.41, 5.74) is 5.27. The molecule has 3 aromatic rings. The van der Waals surface area contributed by atoms with Gasteiger partial charge in [0.1, 0.15) is 0 Å². The van der Waals surface area contributed by atoms with Gasteiger partial charge in [0.05, 0.1) is 40.6 Å². The lowest BCUT2D eigenvalue weighted by Gasteiger charge is -2.35. The van der Waals surface area contributed by atoms with Crippen LogP contribution in [0.1, 0.15) is 42.5 Å². The van der Waals surface area contributed by atoms with Gasteiger partial charge in [-0.3, -0.25) is 9.52 Å². The molecule has 0 bridgehead atoms. The van der Waals surface area contributed by atoms with Crippen LogP contribution in [0.5, 0.6) is 0 Å². The second-order valence-corrected chi connectivity index (χ2v) is 14.2. The van der Waals surface area contributed by atoms with Crippen LogP contribution in [0.3, 0.4) is 0 Å². The monoisotopic (exact) mass is 563 g/mol. The molecular formula is C30H37N5O4S. The van der Waals surface area contributed by atoms with Crippen molar-refractivity contribution in [2.75, 3.05) is 58.4 Å². The Bertz CT molecular complexity index is 1570. The minimum atomic E-state index is -3.66. The van der Waals surface area contributed by atoms with Crippen LogP contribution in [0.15, 0.2) is 42.6 Å². The number of fused-ring (bicyclic) bond motifs is 2. The molecular weight excluding hydrogens is 526 g/mol. The van der Waals surface area contributed by atoms with Crippen molar-refractivity contribution >= 4 is 49.6 Å². The van der Waals surface area contributed by atoms with Crippen LogP contribution >= 0.6 is 0 Å². The van der Waals surface area contributed by atoms with E-state index in [0.29, 0.717) is 22.4 Å². The summed E-state index contributed by atoms with van der Waals surface area (Å²) in [6, 6.07) is 11.3. The van der Waals surface area contributed by atoms with E-state index in [1.165, 1.54) is 19.3 Å². The number of piperidine rings is 2. The Balaban J connectivity index is 1.19. The minimum absolute atomic E-state index is 0.179. The van der Waals surface area contributed by atoms with E-state index >= 15 is 0 Å². The van der Waals surface area contributed by atoms with Crippen molar-refractivity contribution < 1.29 is 18.3 Å². The van der Waals surface area contributed by atoms with E-state index in [1.807, 2.05) is 18.3 Å². The van der Waals surface area contributed by atoms with Crippen LogP contribution in [-0.2, 0) is 17.1 Å². The Hall–Kier alpha value is -3.24. The van der Waals surface area contributed by atoms with Gasteiger partial charge >= 0.3 is 0 Å². The highest BCUT2D eigenvalue weighted by Crippen LogP contribution is 2.54. The van der Waals surface area contributed by atoms with Crippen molar-refractivity contribution in [1.82, 2.24) is 4.57 Å². The molecule has 1 amide bonds.